The van der Waals surface area contributed by atoms with Crippen LogP contribution >= 0.6 is 11.6 Å². The zero-order valence-corrected chi connectivity index (χ0v) is 20.2. The SMILES string of the molecule is CC1CN(c2c(Cl)cc3c(=O)c(C(=O)O)cn(C4CC4)c3c2F)CC(C)N1[C@@H](C)c1coc(=O)o1. The number of aromatic carboxylic acids is 1. The lowest BCUT2D eigenvalue weighted by Crippen LogP contribution is -2.57. The summed E-state index contributed by atoms with van der Waals surface area (Å²) in [5, 5.41) is 9.50. The molecule has 1 N–H and O–H groups in total. The van der Waals surface area contributed by atoms with Crippen molar-refractivity contribution in [1.29, 1.82) is 0 Å². The van der Waals surface area contributed by atoms with Gasteiger partial charge in [-0.2, -0.15) is 0 Å². The number of rotatable bonds is 5. The molecule has 1 saturated carbocycles. The third kappa shape index (κ3) is 3.94. The van der Waals surface area contributed by atoms with Gasteiger partial charge in [0.15, 0.2) is 11.6 Å². The number of piperazine rings is 1. The minimum absolute atomic E-state index is 0.0357. The van der Waals surface area contributed by atoms with E-state index in [1.807, 2.05) is 25.7 Å². The lowest BCUT2D eigenvalue weighted by Gasteiger charge is -2.47. The van der Waals surface area contributed by atoms with Gasteiger partial charge in [-0.3, -0.25) is 9.69 Å². The molecule has 35 heavy (non-hydrogen) atoms. The molecule has 3 heterocycles. The number of carboxylic acids is 1. The number of anilines is 1. The largest absolute Gasteiger partial charge is 0.518 e. The van der Waals surface area contributed by atoms with Crippen LogP contribution < -0.4 is 16.2 Å². The summed E-state index contributed by atoms with van der Waals surface area (Å²) >= 11 is 6.53. The van der Waals surface area contributed by atoms with E-state index in [4.69, 9.17) is 20.4 Å². The molecule has 0 radical (unpaired) electrons. The molecular formula is C24H25ClFN3O6. The van der Waals surface area contributed by atoms with Crippen LogP contribution in [0.2, 0.25) is 5.02 Å². The predicted molar refractivity (Wildman–Crippen MR) is 127 cm³/mol. The zero-order chi connectivity index (χ0) is 25.2. The van der Waals surface area contributed by atoms with Crippen LogP contribution in [0.15, 0.2) is 36.9 Å². The van der Waals surface area contributed by atoms with E-state index in [9.17, 15) is 19.5 Å². The summed E-state index contributed by atoms with van der Waals surface area (Å²) in [5.41, 5.74) is -0.878. The number of carboxylic acid groups (broad SMARTS) is 1. The van der Waals surface area contributed by atoms with E-state index in [-0.39, 0.29) is 45.8 Å². The van der Waals surface area contributed by atoms with Crippen LogP contribution in [0.1, 0.15) is 61.8 Å². The Morgan fingerprint density at radius 2 is 1.89 bits per heavy atom. The molecule has 3 atom stereocenters. The average molecular weight is 506 g/mol. The summed E-state index contributed by atoms with van der Waals surface area (Å²) in [5.74, 6) is -2.33. The first-order valence-electron chi connectivity index (χ1n) is 11.5. The Hall–Kier alpha value is -3.11. The van der Waals surface area contributed by atoms with E-state index in [0.717, 1.165) is 12.8 Å². The Bertz CT molecular complexity index is 1430. The Kier molecular flexibility index (Phi) is 5.76. The molecule has 2 unspecified atom stereocenters. The fourth-order valence-electron chi connectivity index (χ4n) is 5.38. The molecule has 1 aliphatic heterocycles. The quantitative estimate of drug-likeness (QED) is 0.553. The molecule has 1 aromatic carbocycles. The highest BCUT2D eigenvalue weighted by Gasteiger charge is 2.37. The van der Waals surface area contributed by atoms with E-state index < -0.39 is 28.6 Å². The minimum Gasteiger partial charge on any atom is -0.477 e. The van der Waals surface area contributed by atoms with Crippen molar-refractivity contribution in [2.45, 2.75) is 57.8 Å². The zero-order valence-electron chi connectivity index (χ0n) is 19.5. The lowest BCUT2D eigenvalue weighted by molar-refractivity contribution is 0.0694. The van der Waals surface area contributed by atoms with Crippen LogP contribution in [0.25, 0.3) is 10.9 Å². The van der Waals surface area contributed by atoms with E-state index >= 15 is 4.39 Å². The molecule has 0 spiro atoms. The monoisotopic (exact) mass is 505 g/mol. The van der Waals surface area contributed by atoms with Gasteiger partial charge in [-0.1, -0.05) is 11.6 Å². The first-order chi connectivity index (χ1) is 16.6. The number of halogens is 2. The Morgan fingerprint density at radius 1 is 1.23 bits per heavy atom. The second-order valence-corrected chi connectivity index (χ2v) is 9.86. The van der Waals surface area contributed by atoms with E-state index in [1.165, 1.54) is 18.5 Å². The van der Waals surface area contributed by atoms with Gasteiger partial charge in [0.25, 0.3) is 0 Å². The van der Waals surface area contributed by atoms with Gasteiger partial charge in [0, 0.05) is 37.4 Å². The van der Waals surface area contributed by atoms with Crippen molar-refractivity contribution in [2.75, 3.05) is 18.0 Å². The fraction of sp³-hybridized carbons (Fsp3) is 0.458. The average Bonchev–Trinajstić information content (AvgIpc) is 3.53. The second kappa shape index (κ2) is 8.53. The smallest absolute Gasteiger partial charge is 0.477 e. The molecule has 3 aromatic rings. The molecule has 11 heteroatoms. The summed E-state index contributed by atoms with van der Waals surface area (Å²) in [7, 11) is 0. The van der Waals surface area contributed by atoms with E-state index in [2.05, 4.69) is 4.90 Å². The highest BCUT2D eigenvalue weighted by Crippen LogP contribution is 2.42. The summed E-state index contributed by atoms with van der Waals surface area (Å²) in [6, 6.07) is 0.952. The molecule has 2 fully saturated rings. The Labute approximate surface area is 204 Å². The van der Waals surface area contributed by atoms with Crippen molar-refractivity contribution in [3.05, 3.63) is 61.5 Å². The minimum atomic E-state index is -1.35. The molecule has 1 saturated heterocycles. The third-order valence-electron chi connectivity index (χ3n) is 6.99. The number of carbonyl (C=O) groups is 1. The van der Waals surface area contributed by atoms with Crippen LogP contribution in [0.4, 0.5) is 10.1 Å². The molecule has 2 aromatic heterocycles. The van der Waals surface area contributed by atoms with Crippen molar-refractivity contribution in [3.63, 3.8) is 0 Å². The number of hydrogen-bond donors (Lipinski definition) is 1. The highest BCUT2D eigenvalue weighted by molar-refractivity contribution is 6.34. The van der Waals surface area contributed by atoms with Crippen LogP contribution in [0.5, 0.6) is 0 Å². The number of pyridine rings is 1. The van der Waals surface area contributed by atoms with Crippen molar-refractivity contribution in [1.82, 2.24) is 9.47 Å². The van der Waals surface area contributed by atoms with Crippen LogP contribution in [-0.4, -0.2) is 45.7 Å². The normalized spacial score (nSPS) is 22.0. The Balaban J connectivity index is 1.56. The standard InChI is InChI=1S/C24H25ClFN3O6/c1-11-7-27(8-12(2)29(11)13(3)18-10-34-24(33)35-18)21-17(25)6-15-20(19(21)26)28(14-4-5-14)9-16(22(15)30)23(31)32/h6,9-14H,4-5,7-8H2,1-3H3,(H,31,32)/t11?,12?,13-/m0/s1. The predicted octanol–water partition coefficient (Wildman–Crippen LogP) is 4.03. The highest BCUT2D eigenvalue weighted by atomic mass is 35.5. The molecular weight excluding hydrogens is 481 g/mol. The van der Waals surface area contributed by atoms with Crippen LogP contribution in [-0.2, 0) is 0 Å². The Morgan fingerprint density at radius 3 is 2.43 bits per heavy atom. The van der Waals surface area contributed by atoms with Gasteiger partial charge in [0.1, 0.15) is 11.8 Å². The van der Waals surface area contributed by atoms with Gasteiger partial charge in [0.05, 0.1) is 27.7 Å². The third-order valence-corrected chi connectivity index (χ3v) is 7.28. The lowest BCUT2D eigenvalue weighted by atomic mass is 10.0. The summed E-state index contributed by atoms with van der Waals surface area (Å²) in [6.45, 7) is 6.75. The molecule has 9 nitrogen and oxygen atoms in total. The number of hydrogen-bond acceptors (Lipinski definition) is 7. The van der Waals surface area contributed by atoms with Crippen molar-refractivity contribution >= 4 is 34.2 Å². The van der Waals surface area contributed by atoms with Crippen molar-refractivity contribution in [3.8, 4) is 0 Å². The maximum Gasteiger partial charge on any atom is 0.518 e. The van der Waals surface area contributed by atoms with Gasteiger partial charge in [0.2, 0.25) is 5.43 Å². The van der Waals surface area contributed by atoms with Crippen LogP contribution in [0.3, 0.4) is 0 Å². The maximum absolute atomic E-state index is 16.1. The molecule has 1 aliphatic carbocycles. The van der Waals surface area contributed by atoms with E-state index in [0.29, 0.717) is 18.8 Å². The fourth-order valence-corrected chi connectivity index (χ4v) is 5.69. The number of aromatic nitrogens is 1. The molecule has 0 bridgehead atoms. The van der Waals surface area contributed by atoms with Gasteiger partial charge >= 0.3 is 11.8 Å². The molecule has 5 rings (SSSR count). The topological polar surface area (TPSA) is 109 Å². The van der Waals surface area contributed by atoms with Crippen LogP contribution in [0, 0.1) is 5.82 Å². The van der Waals surface area contributed by atoms with Gasteiger partial charge in [-0.15, -0.1) is 0 Å². The molecule has 0 amide bonds. The van der Waals surface area contributed by atoms with E-state index in [1.54, 1.807) is 4.57 Å². The van der Waals surface area contributed by atoms with Gasteiger partial charge in [-0.05, 0) is 39.7 Å². The summed E-state index contributed by atoms with van der Waals surface area (Å²) in [4.78, 5) is 39.8. The summed E-state index contributed by atoms with van der Waals surface area (Å²) in [6.07, 6.45) is 4.11. The maximum atomic E-state index is 16.1. The van der Waals surface area contributed by atoms with Gasteiger partial charge < -0.3 is 23.4 Å². The number of fused-ring (bicyclic) bond motifs is 1. The summed E-state index contributed by atoms with van der Waals surface area (Å²) < 4.78 is 27.6. The first kappa shape index (κ1) is 23.6. The molecule has 186 valence electrons. The molecule has 2 aliphatic rings. The van der Waals surface area contributed by atoms with Crippen molar-refractivity contribution in [2.24, 2.45) is 0 Å². The second-order valence-electron chi connectivity index (χ2n) is 9.45. The number of nitrogens with zero attached hydrogens (tertiary/aromatic N) is 3. The first-order valence-corrected chi connectivity index (χ1v) is 11.9. The number of benzene rings is 1. The van der Waals surface area contributed by atoms with Gasteiger partial charge in [-0.25, -0.2) is 14.0 Å². The van der Waals surface area contributed by atoms with Crippen molar-refractivity contribution < 1.29 is 23.1 Å².